The Morgan fingerprint density at radius 3 is 2.73 bits per heavy atom. The molecule has 8 heteroatoms. The lowest BCUT2D eigenvalue weighted by Crippen LogP contribution is -2.10. The van der Waals surface area contributed by atoms with E-state index in [9.17, 15) is 14.9 Å². The fourth-order valence-electron chi connectivity index (χ4n) is 2.31. The Kier molecular flexibility index (Phi) is 4.90. The maximum absolute atomic E-state index is 12.3. The molecule has 3 aromatic rings. The van der Waals surface area contributed by atoms with Crippen LogP contribution >= 0.6 is 11.6 Å². The lowest BCUT2D eigenvalue weighted by Gasteiger charge is -2.05. The normalized spacial score (nSPS) is 10.4. The first-order valence-corrected chi connectivity index (χ1v) is 7.85. The number of carbonyl (C=O) groups excluding carboxylic acids is 1. The molecule has 0 aliphatic heterocycles. The molecule has 26 heavy (non-hydrogen) atoms. The number of halogens is 1. The largest absolute Gasteiger partial charge is 0.497 e. The van der Waals surface area contributed by atoms with Crippen molar-refractivity contribution < 1.29 is 18.9 Å². The molecule has 1 N–H and O–H groups in total. The average molecular weight is 373 g/mol. The lowest BCUT2D eigenvalue weighted by atomic mass is 10.1. The number of anilines is 1. The van der Waals surface area contributed by atoms with Crippen LogP contribution in [-0.4, -0.2) is 17.9 Å². The van der Waals surface area contributed by atoms with Crippen molar-refractivity contribution in [3.63, 3.8) is 0 Å². The number of amides is 1. The van der Waals surface area contributed by atoms with Gasteiger partial charge >= 0.3 is 0 Å². The first-order chi connectivity index (χ1) is 12.5. The first kappa shape index (κ1) is 17.5. The van der Waals surface area contributed by atoms with Gasteiger partial charge in [-0.1, -0.05) is 17.7 Å². The van der Waals surface area contributed by atoms with Crippen LogP contribution in [0.5, 0.6) is 5.75 Å². The molecule has 2 aromatic carbocycles. The summed E-state index contributed by atoms with van der Waals surface area (Å²) in [6, 6.07) is 14.2. The number of furan rings is 1. The number of hydrogen-bond acceptors (Lipinski definition) is 5. The van der Waals surface area contributed by atoms with Crippen molar-refractivity contribution in [1.82, 2.24) is 0 Å². The van der Waals surface area contributed by atoms with Gasteiger partial charge in [0.05, 0.1) is 12.0 Å². The number of hydrogen-bond donors (Lipinski definition) is 1. The van der Waals surface area contributed by atoms with Crippen LogP contribution in [0, 0.1) is 10.1 Å². The standard InChI is InChI=1S/C18H13ClN2O5/c1-25-13-4-2-3-12(10-13)20-18(22)17-8-7-16(26-17)11-5-6-14(19)15(9-11)21(23)24/h2-10H,1H3,(H,20,22). The van der Waals surface area contributed by atoms with Crippen molar-refractivity contribution in [3.8, 4) is 17.1 Å². The van der Waals surface area contributed by atoms with E-state index in [0.717, 1.165) is 0 Å². The van der Waals surface area contributed by atoms with Gasteiger partial charge < -0.3 is 14.5 Å². The van der Waals surface area contributed by atoms with Gasteiger partial charge in [-0.05, 0) is 36.4 Å². The van der Waals surface area contributed by atoms with Crippen LogP contribution < -0.4 is 10.1 Å². The Morgan fingerprint density at radius 2 is 2.00 bits per heavy atom. The molecule has 0 saturated carbocycles. The minimum atomic E-state index is -0.578. The molecule has 0 saturated heterocycles. The lowest BCUT2D eigenvalue weighted by molar-refractivity contribution is -0.384. The van der Waals surface area contributed by atoms with Crippen LogP contribution in [0.25, 0.3) is 11.3 Å². The monoisotopic (exact) mass is 372 g/mol. The number of rotatable bonds is 5. The fourth-order valence-corrected chi connectivity index (χ4v) is 2.50. The van der Waals surface area contributed by atoms with Gasteiger partial charge in [0, 0.05) is 23.4 Å². The summed E-state index contributed by atoms with van der Waals surface area (Å²) in [5, 5.41) is 13.7. The van der Waals surface area contributed by atoms with E-state index >= 15 is 0 Å². The molecule has 132 valence electrons. The molecule has 0 atom stereocenters. The van der Waals surface area contributed by atoms with Crippen LogP contribution in [0.4, 0.5) is 11.4 Å². The highest BCUT2D eigenvalue weighted by molar-refractivity contribution is 6.32. The second kappa shape index (κ2) is 7.28. The third-order valence-corrected chi connectivity index (χ3v) is 3.90. The maximum Gasteiger partial charge on any atom is 0.291 e. The summed E-state index contributed by atoms with van der Waals surface area (Å²) >= 11 is 5.80. The number of ether oxygens (including phenoxy) is 1. The van der Waals surface area contributed by atoms with Crippen molar-refractivity contribution in [1.29, 1.82) is 0 Å². The van der Waals surface area contributed by atoms with Gasteiger partial charge in [0.2, 0.25) is 0 Å². The first-order valence-electron chi connectivity index (χ1n) is 7.47. The van der Waals surface area contributed by atoms with Gasteiger partial charge in [-0.3, -0.25) is 14.9 Å². The molecule has 3 rings (SSSR count). The molecule has 1 amide bonds. The number of carbonyl (C=O) groups is 1. The third kappa shape index (κ3) is 3.68. The van der Waals surface area contributed by atoms with Crippen molar-refractivity contribution in [2.24, 2.45) is 0 Å². The number of methoxy groups -OCH3 is 1. The summed E-state index contributed by atoms with van der Waals surface area (Å²) in [7, 11) is 1.53. The molecule has 7 nitrogen and oxygen atoms in total. The van der Waals surface area contributed by atoms with E-state index in [1.54, 1.807) is 36.4 Å². The van der Waals surface area contributed by atoms with E-state index in [-0.39, 0.29) is 16.5 Å². The topological polar surface area (TPSA) is 94.6 Å². The molecule has 0 radical (unpaired) electrons. The van der Waals surface area contributed by atoms with Gasteiger partial charge in [0.1, 0.15) is 16.5 Å². The molecule has 1 aromatic heterocycles. The predicted molar refractivity (Wildman–Crippen MR) is 96.8 cm³/mol. The summed E-state index contributed by atoms with van der Waals surface area (Å²) < 4.78 is 10.6. The molecule has 1 heterocycles. The predicted octanol–water partition coefficient (Wildman–Crippen LogP) is 4.77. The van der Waals surface area contributed by atoms with Crippen LogP contribution in [0.15, 0.2) is 59.0 Å². The van der Waals surface area contributed by atoms with Crippen LogP contribution in [0.3, 0.4) is 0 Å². The average Bonchev–Trinajstić information content (AvgIpc) is 3.12. The van der Waals surface area contributed by atoms with Crippen molar-refractivity contribution in [2.75, 3.05) is 12.4 Å². The molecule has 0 spiro atoms. The van der Waals surface area contributed by atoms with Gasteiger partial charge in [0.15, 0.2) is 5.76 Å². The molecule has 0 aliphatic carbocycles. The van der Waals surface area contributed by atoms with Gasteiger partial charge in [-0.15, -0.1) is 0 Å². The number of nitrogens with one attached hydrogen (secondary N) is 1. The SMILES string of the molecule is COc1cccc(NC(=O)c2ccc(-c3ccc(Cl)c([N+](=O)[O-])c3)o2)c1. The number of benzene rings is 2. The smallest absolute Gasteiger partial charge is 0.291 e. The van der Waals surface area contributed by atoms with Gasteiger partial charge in [-0.25, -0.2) is 0 Å². The summed E-state index contributed by atoms with van der Waals surface area (Å²) in [5.74, 6) is 0.547. The van der Waals surface area contributed by atoms with Gasteiger partial charge in [0.25, 0.3) is 11.6 Å². The molecular formula is C18H13ClN2O5. The minimum absolute atomic E-state index is 0.0290. The van der Waals surface area contributed by atoms with E-state index in [1.807, 2.05) is 0 Å². The van der Waals surface area contributed by atoms with E-state index < -0.39 is 10.8 Å². The number of nitro groups is 1. The van der Waals surface area contributed by atoms with E-state index in [0.29, 0.717) is 22.8 Å². The van der Waals surface area contributed by atoms with E-state index in [1.165, 1.54) is 25.3 Å². The maximum atomic E-state index is 12.3. The molecule has 0 fully saturated rings. The molecule has 0 unspecified atom stereocenters. The molecular weight excluding hydrogens is 360 g/mol. The second-order valence-electron chi connectivity index (χ2n) is 5.27. The van der Waals surface area contributed by atoms with Crippen molar-refractivity contribution in [3.05, 3.63) is 75.5 Å². The Labute approximate surface area is 153 Å². The fraction of sp³-hybridized carbons (Fsp3) is 0.0556. The Hall–Kier alpha value is -3.32. The number of nitrogens with zero attached hydrogens (tertiary/aromatic N) is 1. The highest BCUT2D eigenvalue weighted by Gasteiger charge is 2.17. The molecule has 0 bridgehead atoms. The summed E-state index contributed by atoms with van der Waals surface area (Å²) in [5.41, 5.74) is 0.763. The number of nitro benzene ring substituents is 1. The Bertz CT molecular complexity index is 983. The summed E-state index contributed by atoms with van der Waals surface area (Å²) in [4.78, 5) is 22.7. The van der Waals surface area contributed by atoms with Crippen molar-refractivity contribution in [2.45, 2.75) is 0 Å². The highest BCUT2D eigenvalue weighted by Crippen LogP contribution is 2.31. The Balaban J connectivity index is 1.82. The van der Waals surface area contributed by atoms with Crippen LogP contribution in [-0.2, 0) is 0 Å². The second-order valence-corrected chi connectivity index (χ2v) is 5.68. The Morgan fingerprint density at radius 1 is 1.19 bits per heavy atom. The zero-order chi connectivity index (χ0) is 18.7. The highest BCUT2D eigenvalue weighted by atomic mass is 35.5. The van der Waals surface area contributed by atoms with E-state index in [4.69, 9.17) is 20.8 Å². The van der Waals surface area contributed by atoms with Crippen LogP contribution in [0.2, 0.25) is 5.02 Å². The molecule has 0 aliphatic rings. The summed E-state index contributed by atoms with van der Waals surface area (Å²) in [6.07, 6.45) is 0. The zero-order valence-electron chi connectivity index (χ0n) is 13.6. The van der Waals surface area contributed by atoms with Crippen molar-refractivity contribution >= 4 is 28.9 Å². The van der Waals surface area contributed by atoms with E-state index in [2.05, 4.69) is 5.32 Å². The van der Waals surface area contributed by atoms with Gasteiger partial charge in [-0.2, -0.15) is 0 Å². The third-order valence-electron chi connectivity index (χ3n) is 3.58. The quantitative estimate of drug-likeness (QED) is 0.514. The van der Waals surface area contributed by atoms with Crippen LogP contribution in [0.1, 0.15) is 10.6 Å². The minimum Gasteiger partial charge on any atom is -0.497 e. The zero-order valence-corrected chi connectivity index (χ0v) is 14.3. The summed E-state index contributed by atoms with van der Waals surface area (Å²) in [6.45, 7) is 0.